The van der Waals surface area contributed by atoms with Gasteiger partial charge in [0.05, 0.1) is 5.92 Å². The van der Waals surface area contributed by atoms with Crippen LogP contribution in [-0.4, -0.2) is 11.1 Å². The van der Waals surface area contributed by atoms with E-state index in [2.05, 4.69) is 0 Å². The Balaban J connectivity index is 2.73. The molecule has 1 rings (SSSR count). The van der Waals surface area contributed by atoms with Crippen molar-refractivity contribution in [3.63, 3.8) is 0 Å². The van der Waals surface area contributed by atoms with Gasteiger partial charge in [-0.15, -0.1) is 0 Å². The Morgan fingerprint density at radius 2 is 2.17 bits per heavy atom. The van der Waals surface area contributed by atoms with Crippen LogP contribution in [0.15, 0.2) is 11.4 Å². The zero-order valence-corrected chi connectivity index (χ0v) is 7.60. The van der Waals surface area contributed by atoms with Gasteiger partial charge < -0.3 is 5.11 Å². The van der Waals surface area contributed by atoms with E-state index >= 15 is 0 Å². The molecule has 0 radical (unpaired) electrons. The van der Waals surface area contributed by atoms with Gasteiger partial charge >= 0.3 is 5.97 Å². The van der Waals surface area contributed by atoms with Gasteiger partial charge in [0.15, 0.2) is 5.29 Å². The Morgan fingerprint density at radius 3 is 2.42 bits per heavy atom. The van der Waals surface area contributed by atoms with Crippen molar-refractivity contribution in [2.75, 3.05) is 0 Å². The topological polar surface area (TPSA) is 37.3 Å². The molecular formula is C8H10ClFO2. The Bertz CT molecular complexity index is 243. The van der Waals surface area contributed by atoms with E-state index in [-0.39, 0.29) is 11.3 Å². The summed E-state index contributed by atoms with van der Waals surface area (Å²) in [5.74, 6) is -1.66. The van der Waals surface area contributed by atoms with Gasteiger partial charge in [0.25, 0.3) is 0 Å². The summed E-state index contributed by atoms with van der Waals surface area (Å²) in [5, 5.41) is 7.86. The van der Waals surface area contributed by atoms with Crippen molar-refractivity contribution in [2.45, 2.75) is 13.8 Å². The zero-order chi connectivity index (χ0) is 9.52. The molecule has 2 unspecified atom stereocenters. The van der Waals surface area contributed by atoms with E-state index < -0.39 is 17.2 Å². The molecule has 0 aliphatic heterocycles. The smallest absolute Gasteiger partial charge is 0.307 e. The van der Waals surface area contributed by atoms with Crippen molar-refractivity contribution < 1.29 is 14.3 Å². The molecule has 0 aromatic heterocycles. The maximum atomic E-state index is 12.2. The normalized spacial score (nSPS) is 33.2. The van der Waals surface area contributed by atoms with Crippen LogP contribution in [0.1, 0.15) is 13.8 Å². The van der Waals surface area contributed by atoms with E-state index in [1.54, 1.807) is 13.8 Å². The predicted octanol–water partition coefficient (Wildman–Crippen LogP) is 2.39. The van der Waals surface area contributed by atoms with Crippen LogP contribution in [0.2, 0.25) is 0 Å². The minimum Gasteiger partial charge on any atom is -0.481 e. The number of carbonyl (C=O) groups is 1. The average Bonchev–Trinajstić information content (AvgIpc) is 2.32. The number of rotatable bonds is 2. The molecule has 1 aliphatic rings. The van der Waals surface area contributed by atoms with E-state index in [9.17, 15) is 9.18 Å². The fourth-order valence-electron chi connectivity index (χ4n) is 1.60. The molecule has 1 fully saturated rings. The van der Waals surface area contributed by atoms with Crippen LogP contribution in [0.3, 0.4) is 0 Å². The number of aliphatic carboxylic acids is 1. The molecule has 0 bridgehead atoms. The molecule has 2 nitrogen and oxygen atoms in total. The Morgan fingerprint density at radius 1 is 1.67 bits per heavy atom. The SMILES string of the molecule is CC1(C)C(/C=C(/F)Cl)C1C(=O)O. The molecule has 1 aliphatic carbocycles. The number of carboxylic acids is 1. The van der Waals surface area contributed by atoms with Gasteiger partial charge in [0.2, 0.25) is 0 Å². The van der Waals surface area contributed by atoms with Crippen molar-refractivity contribution in [1.29, 1.82) is 0 Å². The first-order chi connectivity index (χ1) is 5.37. The highest BCUT2D eigenvalue weighted by atomic mass is 35.5. The maximum absolute atomic E-state index is 12.2. The van der Waals surface area contributed by atoms with Crippen LogP contribution < -0.4 is 0 Å². The summed E-state index contributed by atoms with van der Waals surface area (Å²) in [6.07, 6.45) is 1.17. The molecule has 0 amide bonds. The monoisotopic (exact) mass is 192 g/mol. The number of carboxylic acid groups (broad SMARTS) is 1. The van der Waals surface area contributed by atoms with Gasteiger partial charge in [-0.2, -0.15) is 4.39 Å². The highest BCUT2D eigenvalue weighted by Gasteiger charge is 2.61. The van der Waals surface area contributed by atoms with Gasteiger partial charge in [0, 0.05) is 5.92 Å². The lowest BCUT2D eigenvalue weighted by molar-refractivity contribution is -0.139. The highest BCUT2D eigenvalue weighted by molar-refractivity contribution is 6.28. The molecule has 4 heteroatoms. The Hall–Kier alpha value is -0.570. The molecule has 0 spiro atoms. The third kappa shape index (κ3) is 1.46. The molecule has 0 aromatic rings. The third-order valence-corrected chi connectivity index (χ3v) is 2.61. The zero-order valence-electron chi connectivity index (χ0n) is 6.84. The molecule has 12 heavy (non-hydrogen) atoms. The fraction of sp³-hybridized carbons (Fsp3) is 0.625. The van der Waals surface area contributed by atoms with Gasteiger partial charge in [-0.1, -0.05) is 25.4 Å². The van der Waals surface area contributed by atoms with Crippen LogP contribution >= 0.6 is 11.6 Å². The summed E-state index contributed by atoms with van der Waals surface area (Å²) in [5.41, 5.74) is -0.363. The standard InChI is InChI=1S/C8H10ClFO2/c1-8(2)4(3-5(9)10)6(8)7(11)12/h3-4,6H,1-2H3,(H,11,12)/b5-3+. The Kier molecular flexibility index (Phi) is 2.17. The third-order valence-electron chi connectivity index (χ3n) is 2.48. The minimum absolute atomic E-state index is 0.271. The van der Waals surface area contributed by atoms with Crippen LogP contribution in [0.25, 0.3) is 0 Å². The summed E-state index contributed by atoms with van der Waals surface area (Å²) in [4.78, 5) is 10.6. The number of hydrogen-bond acceptors (Lipinski definition) is 1. The second kappa shape index (κ2) is 2.73. The molecule has 1 N–H and O–H groups in total. The highest BCUT2D eigenvalue weighted by Crippen LogP contribution is 2.59. The van der Waals surface area contributed by atoms with Gasteiger partial charge in [-0.3, -0.25) is 4.79 Å². The largest absolute Gasteiger partial charge is 0.481 e. The van der Waals surface area contributed by atoms with Crippen molar-refractivity contribution in [3.8, 4) is 0 Å². The summed E-state index contributed by atoms with van der Waals surface area (Å²) in [7, 11) is 0. The van der Waals surface area contributed by atoms with Crippen molar-refractivity contribution >= 4 is 17.6 Å². The molecular weight excluding hydrogens is 183 g/mol. The molecule has 1 saturated carbocycles. The van der Waals surface area contributed by atoms with Gasteiger partial charge in [-0.25, -0.2) is 0 Å². The summed E-state index contributed by atoms with van der Waals surface area (Å²) < 4.78 is 12.2. The van der Waals surface area contributed by atoms with E-state index in [0.29, 0.717) is 0 Å². The van der Waals surface area contributed by atoms with Crippen molar-refractivity contribution in [3.05, 3.63) is 11.4 Å². The first-order valence-electron chi connectivity index (χ1n) is 3.63. The Labute approximate surface area is 75.0 Å². The number of hydrogen-bond donors (Lipinski definition) is 1. The number of halogens is 2. The average molecular weight is 193 g/mol. The van der Waals surface area contributed by atoms with Crippen molar-refractivity contribution in [1.82, 2.24) is 0 Å². The lowest BCUT2D eigenvalue weighted by atomic mass is 10.1. The quantitative estimate of drug-likeness (QED) is 0.730. The van der Waals surface area contributed by atoms with E-state index in [4.69, 9.17) is 16.7 Å². The van der Waals surface area contributed by atoms with Crippen LogP contribution in [0, 0.1) is 17.3 Å². The maximum Gasteiger partial charge on any atom is 0.307 e. The van der Waals surface area contributed by atoms with E-state index in [0.717, 1.165) is 0 Å². The second-order valence-corrected chi connectivity index (χ2v) is 3.98. The molecule has 68 valence electrons. The molecule has 0 heterocycles. The number of allylic oxidation sites excluding steroid dienone is 1. The van der Waals surface area contributed by atoms with Crippen LogP contribution in [-0.2, 0) is 4.79 Å². The second-order valence-electron chi connectivity index (χ2n) is 3.62. The van der Waals surface area contributed by atoms with E-state index in [1.807, 2.05) is 0 Å². The first kappa shape index (κ1) is 9.52. The molecule has 0 aromatic carbocycles. The van der Waals surface area contributed by atoms with Crippen LogP contribution in [0.5, 0.6) is 0 Å². The lowest BCUT2D eigenvalue weighted by Gasteiger charge is -1.95. The van der Waals surface area contributed by atoms with Gasteiger partial charge in [-0.05, 0) is 11.5 Å². The van der Waals surface area contributed by atoms with Gasteiger partial charge in [0.1, 0.15) is 0 Å². The summed E-state index contributed by atoms with van der Waals surface area (Å²) in [6.45, 7) is 3.57. The van der Waals surface area contributed by atoms with Crippen molar-refractivity contribution in [2.24, 2.45) is 17.3 Å². The molecule has 2 atom stereocenters. The lowest BCUT2D eigenvalue weighted by Crippen LogP contribution is -2.02. The van der Waals surface area contributed by atoms with E-state index in [1.165, 1.54) is 6.08 Å². The predicted molar refractivity (Wildman–Crippen MR) is 43.4 cm³/mol. The first-order valence-corrected chi connectivity index (χ1v) is 4.01. The minimum atomic E-state index is -0.890. The summed E-state index contributed by atoms with van der Waals surface area (Å²) >= 11 is 5.01. The van der Waals surface area contributed by atoms with Crippen LogP contribution in [0.4, 0.5) is 4.39 Å². The molecule has 0 saturated heterocycles. The fourth-order valence-corrected chi connectivity index (χ4v) is 1.73. The summed E-state index contributed by atoms with van der Waals surface area (Å²) in [6, 6.07) is 0.